The molecule has 2 heterocycles. The Morgan fingerprint density at radius 3 is 2.55 bits per heavy atom. The summed E-state index contributed by atoms with van der Waals surface area (Å²) in [6, 6.07) is 16.3. The lowest BCUT2D eigenvalue weighted by Crippen LogP contribution is -2.16. The molecule has 31 heavy (non-hydrogen) atoms. The predicted octanol–water partition coefficient (Wildman–Crippen LogP) is 5.66. The second kappa shape index (κ2) is 8.86. The van der Waals surface area contributed by atoms with Crippen LogP contribution in [0.15, 0.2) is 53.9 Å². The van der Waals surface area contributed by atoms with E-state index >= 15 is 0 Å². The van der Waals surface area contributed by atoms with E-state index in [1.165, 1.54) is 5.56 Å². The molecule has 4 rings (SSSR count). The molecule has 158 valence electrons. The highest BCUT2D eigenvalue weighted by atomic mass is 32.1. The Kier molecular flexibility index (Phi) is 6.00. The van der Waals surface area contributed by atoms with Crippen LogP contribution in [0.25, 0.3) is 16.4 Å². The van der Waals surface area contributed by atoms with Crippen LogP contribution in [-0.4, -0.2) is 20.7 Å². The van der Waals surface area contributed by atoms with E-state index in [9.17, 15) is 4.79 Å². The summed E-state index contributed by atoms with van der Waals surface area (Å²) in [5, 5.41) is 10.6. The van der Waals surface area contributed by atoms with Crippen LogP contribution in [0.2, 0.25) is 0 Å². The highest BCUT2D eigenvalue weighted by Crippen LogP contribution is 2.27. The van der Waals surface area contributed by atoms with Crippen molar-refractivity contribution in [2.75, 3.05) is 5.32 Å². The molecular formula is C25H26N4OS. The molecular weight excluding hydrogens is 404 g/mol. The molecule has 0 atom stereocenters. The second-order valence-electron chi connectivity index (χ2n) is 7.68. The number of nitrogens with one attached hydrogen (secondary N) is 1. The number of amides is 1. The van der Waals surface area contributed by atoms with Gasteiger partial charge in [0.15, 0.2) is 0 Å². The van der Waals surface area contributed by atoms with E-state index in [-0.39, 0.29) is 12.3 Å². The van der Waals surface area contributed by atoms with Crippen molar-refractivity contribution in [2.45, 2.75) is 40.5 Å². The number of carbonyl (C=O) groups excluding carboxylic acids is 1. The number of rotatable bonds is 6. The van der Waals surface area contributed by atoms with E-state index in [2.05, 4.69) is 48.5 Å². The van der Waals surface area contributed by atoms with Crippen molar-refractivity contribution < 1.29 is 4.79 Å². The number of anilines is 1. The van der Waals surface area contributed by atoms with Crippen LogP contribution in [-0.2, 0) is 17.6 Å². The molecule has 0 saturated carbocycles. The van der Waals surface area contributed by atoms with Crippen LogP contribution in [0, 0.1) is 20.8 Å². The van der Waals surface area contributed by atoms with Gasteiger partial charge in [0.25, 0.3) is 0 Å². The maximum absolute atomic E-state index is 12.8. The average molecular weight is 431 g/mol. The minimum atomic E-state index is -0.0360. The van der Waals surface area contributed by atoms with Crippen molar-refractivity contribution >= 4 is 22.9 Å². The summed E-state index contributed by atoms with van der Waals surface area (Å²) in [6.45, 7) is 8.10. The monoisotopic (exact) mass is 430 g/mol. The summed E-state index contributed by atoms with van der Waals surface area (Å²) in [7, 11) is 0. The van der Waals surface area contributed by atoms with E-state index < -0.39 is 0 Å². The molecule has 1 amide bonds. The van der Waals surface area contributed by atoms with E-state index in [0.29, 0.717) is 0 Å². The minimum absolute atomic E-state index is 0.0360. The molecule has 4 aromatic rings. The number of aryl methyl sites for hydroxylation is 3. The number of nitrogens with zero attached hydrogens (tertiary/aromatic N) is 3. The normalized spacial score (nSPS) is 11.0. The number of thiazole rings is 1. The maximum Gasteiger partial charge on any atom is 0.228 e. The minimum Gasteiger partial charge on any atom is -0.326 e. The Hall–Kier alpha value is -3.25. The molecule has 0 bridgehead atoms. The number of hydrogen-bond acceptors (Lipinski definition) is 4. The molecule has 0 aliphatic heterocycles. The summed E-state index contributed by atoms with van der Waals surface area (Å²) < 4.78 is 1.85. The zero-order valence-corrected chi connectivity index (χ0v) is 19.1. The van der Waals surface area contributed by atoms with Gasteiger partial charge in [0.2, 0.25) is 11.0 Å². The van der Waals surface area contributed by atoms with Crippen molar-refractivity contribution in [1.29, 1.82) is 0 Å². The fourth-order valence-corrected chi connectivity index (χ4v) is 4.48. The highest BCUT2D eigenvalue weighted by molar-refractivity contribution is 7.12. The fourth-order valence-electron chi connectivity index (χ4n) is 3.64. The van der Waals surface area contributed by atoms with Crippen LogP contribution >= 0.6 is 11.3 Å². The number of benzene rings is 2. The summed E-state index contributed by atoms with van der Waals surface area (Å²) in [5.74, 6) is -0.0360. The predicted molar refractivity (Wildman–Crippen MR) is 127 cm³/mol. The third-order valence-electron chi connectivity index (χ3n) is 5.47. The lowest BCUT2D eigenvalue weighted by Gasteiger charge is -2.10. The fraction of sp³-hybridized carbons (Fsp3) is 0.240. The SMILES string of the molecule is CCc1ccccc1NC(=O)Cc1c(C)nn(-c2nc(-c3ccc(C)cc3)cs2)c1C. The standard InChI is InChI=1S/C25H26N4OS/c1-5-19-8-6-7-9-22(19)26-24(30)14-21-17(3)28-29(18(21)4)25-27-23(15-31-25)20-12-10-16(2)11-13-20/h6-13,15H,5,14H2,1-4H3,(H,26,30). The Bertz CT molecular complexity index is 1220. The van der Waals surface area contributed by atoms with Crippen LogP contribution in [0.3, 0.4) is 0 Å². The summed E-state index contributed by atoms with van der Waals surface area (Å²) in [5.41, 5.74) is 7.99. The van der Waals surface area contributed by atoms with Crippen LogP contribution in [0.5, 0.6) is 0 Å². The summed E-state index contributed by atoms with van der Waals surface area (Å²) in [6.07, 6.45) is 1.16. The third kappa shape index (κ3) is 4.44. The first-order valence-corrected chi connectivity index (χ1v) is 11.3. The van der Waals surface area contributed by atoms with Gasteiger partial charge in [-0.05, 0) is 38.8 Å². The quantitative estimate of drug-likeness (QED) is 0.429. The van der Waals surface area contributed by atoms with Gasteiger partial charge >= 0.3 is 0 Å². The van der Waals surface area contributed by atoms with Gasteiger partial charge in [0, 0.05) is 27.9 Å². The van der Waals surface area contributed by atoms with Gasteiger partial charge in [-0.25, -0.2) is 9.67 Å². The number of hydrogen-bond donors (Lipinski definition) is 1. The van der Waals surface area contributed by atoms with Crippen molar-refractivity contribution in [3.05, 3.63) is 82.0 Å². The molecule has 2 aromatic carbocycles. The smallest absolute Gasteiger partial charge is 0.228 e. The van der Waals surface area contributed by atoms with Crippen molar-refractivity contribution in [2.24, 2.45) is 0 Å². The van der Waals surface area contributed by atoms with Crippen LogP contribution < -0.4 is 5.32 Å². The molecule has 0 aliphatic rings. The van der Waals surface area contributed by atoms with E-state index in [4.69, 9.17) is 4.98 Å². The first-order chi connectivity index (χ1) is 15.0. The number of para-hydroxylation sites is 1. The summed E-state index contributed by atoms with van der Waals surface area (Å²) >= 11 is 1.55. The average Bonchev–Trinajstić information content (AvgIpc) is 3.35. The largest absolute Gasteiger partial charge is 0.326 e. The Morgan fingerprint density at radius 1 is 1.06 bits per heavy atom. The second-order valence-corrected chi connectivity index (χ2v) is 8.51. The van der Waals surface area contributed by atoms with E-state index in [1.807, 2.05) is 48.2 Å². The van der Waals surface area contributed by atoms with Gasteiger partial charge in [-0.1, -0.05) is 55.0 Å². The van der Waals surface area contributed by atoms with Crippen molar-refractivity contribution in [3.8, 4) is 16.4 Å². The third-order valence-corrected chi connectivity index (χ3v) is 6.29. The molecule has 1 N–H and O–H groups in total. The molecule has 0 aliphatic carbocycles. The lowest BCUT2D eigenvalue weighted by molar-refractivity contribution is -0.115. The molecule has 5 nitrogen and oxygen atoms in total. The van der Waals surface area contributed by atoms with Gasteiger partial charge < -0.3 is 5.32 Å². The van der Waals surface area contributed by atoms with Crippen LogP contribution in [0.1, 0.15) is 35.0 Å². The molecule has 2 aromatic heterocycles. The zero-order chi connectivity index (χ0) is 22.0. The molecule has 6 heteroatoms. The van der Waals surface area contributed by atoms with Crippen LogP contribution in [0.4, 0.5) is 5.69 Å². The van der Waals surface area contributed by atoms with Gasteiger partial charge in [-0.3, -0.25) is 4.79 Å². The molecule has 0 unspecified atom stereocenters. The first kappa shape index (κ1) is 21.0. The Balaban J connectivity index is 1.55. The van der Waals surface area contributed by atoms with E-state index in [0.717, 1.165) is 51.0 Å². The van der Waals surface area contributed by atoms with E-state index in [1.54, 1.807) is 11.3 Å². The topological polar surface area (TPSA) is 59.8 Å². The molecule has 0 radical (unpaired) electrons. The van der Waals surface area contributed by atoms with Gasteiger partial charge in [0.05, 0.1) is 17.8 Å². The Morgan fingerprint density at radius 2 is 1.81 bits per heavy atom. The van der Waals surface area contributed by atoms with Gasteiger partial charge in [-0.15, -0.1) is 11.3 Å². The van der Waals surface area contributed by atoms with Gasteiger partial charge in [0.1, 0.15) is 0 Å². The molecule has 0 spiro atoms. The maximum atomic E-state index is 12.8. The first-order valence-electron chi connectivity index (χ1n) is 10.4. The molecule has 0 saturated heterocycles. The molecule has 0 fully saturated rings. The summed E-state index contributed by atoms with van der Waals surface area (Å²) in [4.78, 5) is 17.5. The Labute approximate surface area is 186 Å². The highest BCUT2D eigenvalue weighted by Gasteiger charge is 2.18. The van der Waals surface area contributed by atoms with Gasteiger partial charge in [-0.2, -0.15) is 5.10 Å². The van der Waals surface area contributed by atoms with Crippen molar-refractivity contribution in [3.63, 3.8) is 0 Å². The number of aromatic nitrogens is 3. The number of carbonyl (C=O) groups is 1. The zero-order valence-electron chi connectivity index (χ0n) is 18.3. The lowest BCUT2D eigenvalue weighted by atomic mass is 10.1. The van der Waals surface area contributed by atoms with Crippen molar-refractivity contribution in [1.82, 2.24) is 14.8 Å².